The predicted molar refractivity (Wildman–Crippen MR) is 97.9 cm³/mol. The highest BCUT2D eigenvalue weighted by molar-refractivity contribution is 5.49. The lowest BCUT2D eigenvalue weighted by molar-refractivity contribution is 0.0449. The molecule has 0 saturated carbocycles. The lowest BCUT2D eigenvalue weighted by Crippen LogP contribution is -2.19. The molecule has 0 aliphatic heterocycles. The molecule has 2 aromatic carbocycles. The molecule has 0 saturated heterocycles. The van der Waals surface area contributed by atoms with Gasteiger partial charge in [0.15, 0.2) is 0 Å². The third kappa shape index (κ3) is 6.57. The van der Waals surface area contributed by atoms with Gasteiger partial charge in [-0.05, 0) is 43.0 Å². The van der Waals surface area contributed by atoms with E-state index in [1.165, 1.54) is 0 Å². The second kappa shape index (κ2) is 9.91. The number of hydrogen-bond donors (Lipinski definition) is 2. The molecule has 0 aliphatic carbocycles. The smallest absolute Gasteiger partial charge is 0.115 e. The van der Waals surface area contributed by atoms with Crippen molar-refractivity contribution in [3.63, 3.8) is 0 Å². The first-order chi connectivity index (χ1) is 11.7. The van der Waals surface area contributed by atoms with Crippen LogP contribution in [0.3, 0.4) is 0 Å². The number of phenols is 1. The van der Waals surface area contributed by atoms with Gasteiger partial charge in [0.1, 0.15) is 5.75 Å². The van der Waals surface area contributed by atoms with Crippen LogP contribution in [0.25, 0.3) is 6.08 Å². The van der Waals surface area contributed by atoms with Crippen LogP contribution in [-0.2, 0) is 11.2 Å². The zero-order valence-electron chi connectivity index (χ0n) is 14.1. The topological polar surface area (TPSA) is 49.7 Å². The molecule has 0 spiro atoms. The minimum Gasteiger partial charge on any atom is -0.508 e. The van der Waals surface area contributed by atoms with Gasteiger partial charge in [0, 0.05) is 13.0 Å². The molecule has 0 fully saturated rings. The monoisotopic (exact) mass is 326 g/mol. The Bertz CT molecular complexity index is 605. The highest BCUT2D eigenvalue weighted by atomic mass is 16.5. The van der Waals surface area contributed by atoms with Crippen LogP contribution >= 0.6 is 0 Å². The van der Waals surface area contributed by atoms with Gasteiger partial charge in [-0.3, -0.25) is 0 Å². The highest BCUT2D eigenvalue weighted by Crippen LogP contribution is 2.15. The van der Waals surface area contributed by atoms with Gasteiger partial charge >= 0.3 is 0 Å². The van der Waals surface area contributed by atoms with Crippen LogP contribution in [0.15, 0.2) is 60.7 Å². The van der Waals surface area contributed by atoms with Crippen molar-refractivity contribution in [2.45, 2.75) is 38.4 Å². The predicted octanol–water partition coefficient (Wildman–Crippen LogP) is 4.19. The first kappa shape index (κ1) is 18.2. The van der Waals surface area contributed by atoms with Crippen LogP contribution in [-0.4, -0.2) is 29.0 Å². The Labute approximate surface area is 144 Å². The average Bonchev–Trinajstić information content (AvgIpc) is 2.60. The quantitative estimate of drug-likeness (QED) is 0.726. The van der Waals surface area contributed by atoms with Crippen LogP contribution in [0.5, 0.6) is 5.75 Å². The first-order valence-electron chi connectivity index (χ1n) is 8.48. The molecule has 0 radical (unpaired) electrons. The largest absolute Gasteiger partial charge is 0.508 e. The zero-order chi connectivity index (χ0) is 17.2. The van der Waals surface area contributed by atoms with Crippen LogP contribution in [0, 0.1) is 0 Å². The molecule has 2 atom stereocenters. The van der Waals surface area contributed by atoms with Crippen LogP contribution < -0.4 is 0 Å². The van der Waals surface area contributed by atoms with E-state index in [0.717, 1.165) is 17.5 Å². The van der Waals surface area contributed by atoms with Gasteiger partial charge in [-0.15, -0.1) is 0 Å². The van der Waals surface area contributed by atoms with Gasteiger partial charge in [-0.2, -0.15) is 0 Å². The average molecular weight is 326 g/mol. The minimum atomic E-state index is -0.421. The lowest BCUT2D eigenvalue weighted by Gasteiger charge is -2.17. The van der Waals surface area contributed by atoms with Crippen LogP contribution in [0.2, 0.25) is 0 Å². The van der Waals surface area contributed by atoms with E-state index < -0.39 is 6.10 Å². The van der Waals surface area contributed by atoms with E-state index in [4.69, 9.17) is 4.74 Å². The SMILES string of the molecule is CCO[C@H](C=Cc1ccccc1)C[C@@H](O)CCc1ccc(O)cc1. The summed E-state index contributed by atoms with van der Waals surface area (Å²) in [6.07, 6.45) is 5.57. The number of aliphatic hydroxyl groups is 1. The normalized spacial score (nSPS) is 13.9. The van der Waals surface area contributed by atoms with E-state index in [1.807, 2.05) is 61.5 Å². The fourth-order valence-electron chi connectivity index (χ4n) is 2.58. The fourth-order valence-corrected chi connectivity index (χ4v) is 2.58. The second-order valence-corrected chi connectivity index (χ2v) is 5.86. The molecule has 128 valence electrons. The Hall–Kier alpha value is -2.10. The molecule has 0 aromatic heterocycles. The summed E-state index contributed by atoms with van der Waals surface area (Å²) in [7, 11) is 0. The van der Waals surface area contributed by atoms with Gasteiger partial charge in [0.05, 0.1) is 12.2 Å². The van der Waals surface area contributed by atoms with Crippen LogP contribution in [0.1, 0.15) is 30.9 Å². The van der Waals surface area contributed by atoms with E-state index in [9.17, 15) is 10.2 Å². The van der Waals surface area contributed by atoms with Gasteiger partial charge in [-0.1, -0.05) is 54.6 Å². The summed E-state index contributed by atoms with van der Waals surface area (Å²) < 4.78 is 5.72. The summed E-state index contributed by atoms with van der Waals surface area (Å²) in [6, 6.07) is 17.2. The van der Waals surface area contributed by atoms with Crippen molar-refractivity contribution in [3.05, 3.63) is 71.8 Å². The van der Waals surface area contributed by atoms with Crippen molar-refractivity contribution in [3.8, 4) is 5.75 Å². The Morgan fingerprint density at radius 2 is 1.75 bits per heavy atom. The molecule has 2 aromatic rings. The molecule has 2 rings (SSSR count). The number of benzene rings is 2. The number of aromatic hydroxyl groups is 1. The Balaban J connectivity index is 1.84. The number of rotatable bonds is 9. The van der Waals surface area contributed by atoms with Crippen LogP contribution in [0.4, 0.5) is 0 Å². The summed E-state index contributed by atoms with van der Waals surface area (Å²) in [5.41, 5.74) is 2.24. The van der Waals surface area contributed by atoms with E-state index in [1.54, 1.807) is 12.1 Å². The van der Waals surface area contributed by atoms with Crippen molar-refractivity contribution >= 4 is 6.08 Å². The summed E-state index contributed by atoms with van der Waals surface area (Å²) in [5.74, 6) is 0.266. The first-order valence-corrected chi connectivity index (χ1v) is 8.48. The Morgan fingerprint density at radius 3 is 2.42 bits per heavy atom. The number of ether oxygens (including phenoxy) is 1. The molecule has 0 heterocycles. The highest BCUT2D eigenvalue weighted by Gasteiger charge is 2.12. The number of phenolic OH excluding ortho intramolecular Hbond substituents is 1. The summed E-state index contributed by atoms with van der Waals surface area (Å²) in [4.78, 5) is 0. The van der Waals surface area contributed by atoms with Crippen molar-refractivity contribution in [1.82, 2.24) is 0 Å². The van der Waals surface area contributed by atoms with E-state index in [0.29, 0.717) is 19.4 Å². The third-order valence-electron chi connectivity index (χ3n) is 3.89. The van der Waals surface area contributed by atoms with E-state index in [2.05, 4.69) is 0 Å². The van der Waals surface area contributed by atoms with Gasteiger partial charge in [0.2, 0.25) is 0 Å². The molecule has 3 heteroatoms. The van der Waals surface area contributed by atoms with Gasteiger partial charge in [-0.25, -0.2) is 0 Å². The molecule has 0 unspecified atom stereocenters. The minimum absolute atomic E-state index is 0.0926. The Kier molecular flexibility index (Phi) is 7.53. The van der Waals surface area contributed by atoms with E-state index >= 15 is 0 Å². The third-order valence-corrected chi connectivity index (χ3v) is 3.89. The molecule has 3 nitrogen and oxygen atoms in total. The maximum Gasteiger partial charge on any atom is 0.115 e. The molecule has 24 heavy (non-hydrogen) atoms. The molecule has 0 aliphatic rings. The van der Waals surface area contributed by atoms with Gasteiger partial charge in [0.25, 0.3) is 0 Å². The summed E-state index contributed by atoms with van der Waals surface area (Å²) >= 11 is 0. The van der Waals surface area contributed by atoms with Gasteiger partial charge < -0.3 is 14.9 Å². The second-order valence-electron chi connectivity index (χ2n) is 5.86. The van der Waals surface area contributed by atoms with Crippen molar-refractivity contribution in [2.75, 3.05) is 6.61 Å². The summed E-state index contributed by atoms with van der Waals surface area (Å²) in [6.45, 7) is 2.58. The van der Waals surface area contributed by atoms with Crippen molar-refractivity contribution in [1.29, 1.82) is 0 Å². The zero-order valence-corrected chi connectivity index (χ0v) is 14.1. The number of aliphatic hydroxyl groups excluding tert-OH is 1. The number of aryl methyl sites for hydroxylation is 1. The molecule has 0 bridgehead atoms. The molecule has 0 amide bonds. The molecular formula is C21H26O3. The standard InChI is InChI=1S/C21H26O3/c1-2-24-21(15-11-17-6-4-3-5-7-17)16-20(23)14-10-18-8-12-19(22)13-9-18/h3-9,11-13,15,20-23H,2,10,14,16H2,1H3/t20-,21+/m0/s1. The van der Waals surface area contributed by atoms with Crippen molar-refractivity contribution in [2.24, 2.45) is 0 Å². The van der Waals surface area contributed by atoms with E-state index in [-0.39, 0.29) is 11.9 Å². The lowest BCUT2D eigenvalue weighted by atomic mass is 10.0. The Morgan fingerprint density at radius 1 is 1.04 bits per heavy atom. The maximum atomic E-state index is 10.3. The fraction of sp³-hybridized carbons (Fsp3) is 0.333. The molecular weight excluding hydrogens is 300 g/mol. The molecule has 2 N–H and O–H groups in total. The van der Waals surface area contributed by atoms with Crippen molar-refractivity contribution < 1.29 is 14.9 Å². The maximum absolute atomic E-state index is 10.3. The number of hydrogen-bond acceptors (Lipinski definition) is 3. The summed E-state index contributed by atoms with van der Waals surface area (Å²) in [5, 5.41) is 19.6.